The molecule has 0 saturated heterocycles. The van der Waals surface area contributed by atoms with Crippen molar-refractivity contribution < 1.29 is 9.53 Å². The third-order valence-electron chi connectivity index (χ3n) is 3.67. The van der Waals surface area contributed by atoms with Gasteiger partial charge in [0.25, 0.3) is 0 Å². The first-order chi connectivity index (χ1) is 8.81. The topological polar surface area (TPSA) is 26.3 Å². The number of benzene rings is 1. The number of carbonyl (C=O) groups is 1. The van der Waals surface area contributed by atoms with Crippen LogP contribution in [0, 0.1) is 0 Å². The van der Waals surface area contributed by atoms with E-state index < -0.39 is 0 Å². The van der Waals surface area contributed by atoms with E-state index in [1.54, 1.807) is 0 Å². The highest BCUT2D eigenvalue weighted by Gasteiger charge is 2.29. The molecule has 18 heavy (non-hydrogen) atoms. The van der Waals surface area contributed by atoms with E-state index in [1.807, 2.05) is 13.0 Å². The molecule has 0 aromatic heterocycles. The Bertz CT molecular complexity index is 372. The molecule has 0 amide bonds. The molecule has 1 aromatic rings. The lowest BCUT2D eigenvalue weighted by Crippen LogP contribution is -2.28. The average molecular weight is 246 g/mol. The summed E-state index contributed by atoms with van der Waals surface area (Å²) in [7, 11) is 0. The monoisotopic (exact) mass is 246 g/mol. The van der Waals surface area contributed by atoms with E-state index in [0.717, 1.165) is 19.3 Å². The van der Waals surface area contributed by atoms with Crippen LogP contribution in [-0.4, -0.2) is 12.1 Å². The van der Waals surface area contributed by atoms with Crippen LogP contribution in [0.3, 0.4) is 0 Å². The second-order valence-corrected chi connectivity index (χ2v) is 5.08. The molecule has 1 fully saturated rings. The van der Waals surface area contributed by atoms with Crippen molar-refractivity contribution in [2.75, 3.05) is 0 Å². The van der Waals surface area contributed by atoms with Crippen LogP contribution in [0.15, 0.2) is 30.3 Å². The molecule has 2 heteroatoms. The summed E-state index contributed by atoms with van der Waals surface area (Å²) >= 11 is 0. The first-order valence-corrected chi connectivity index (χ1v) is 7.05. The number of ether oxygens (including phenoxy) is 1. The summed E-state index contributed by atoms with van der Waals surface area (Å²) in [5.74, 6) is 0.353. The molecule has 0 N–H and O–H groups in total. The summed E-state index contributed by atoms with van der Waals surface area (Å²) in [6.07, 6.45) is 6.04. The van der Waals surface area contributed by atoms with Gasteiger partial charge in [-0.3, -0.25) is 4.79 Å². The summed E-state index contributed by atoms with van der Waals surface area (Å²) in [6, 6.07) is 10.5. The van der Waals surface area contributed by atoms with Crippen molar-refractivity contribution in [3.63, 3.8) is 0 Å². The number of hydrogen-bond donors (Lipinski definition) is 0. The van der Waals surface area contributed by atoms with Crippen molar-refractivity contribution in [2.24, 2.45) is 0 Å². The zero-order chi connectivity index (χ0) is 12.8. The van der Waals surface area contributed by atoms with E-state index in [2.05, 4.69) is 24.3 Å². The van der Waals surface area contributed by atoms with Crippen LogP contribution in [0.4, 0.5) is 0 Å². The minimum Gasteiger partial charge on any atom is -0.462 e. The van der Waals surface area contributed by atoms with Crippen molar-refractivity contribution in [3.8, 4) is 0 Å². The predicted octanol–water partition coefficient (Wildman–Crippen LogP) is 4.06. The Labute approximate surface area is 109 Å². The van der Waals surface area contributed by atoms with Gasteiger partial charge in [-0.1, -0.05) is 43.7 Å². The van der Waals surface area contributed by atoms with E-state index in [-0.39, 0.29) is 12.1 Å². The maximum absolute atomic E-state index is 11.7. The van der Waals surface area contributed by atoms with E-state index in [1.165, 1.54) is 18.4 Å². The molecule has 2 rings (SSSR count). The Morgan fingerprint density at radius 3 is 2.67 bits per heavy atom. The normalized spacial score (nSPS) is 23.6. The van der Waals surface area contributed by atoms with Gasteiger partial charge in [0.05, 0.1) is 0 Å². The highest BCUT2D eigenvalue weighted by Crippen LogP contribution is 2.35. The van der Waals surface area contributed by atoms with Crippen LogP contribution in [0.5, 0.6) is 0 Å². The second kappa shape index (κ2) is 6.58. The molecule has 1 aromatic carbocycles. The lowest BCUT2D eigenvalue weighted by Gasteiger charge is -2.31. The first kappa shape index (κ1) is 13.1. The highest BCUT2D eigenvalue weighted by atomic mass is 16.5. The van der Waals surface area contributed by atoms with Gasteiger partial charge in [0.1, 0.15) is 6.10 Å². The van der Waals surface area contributed by atoms with E-state index in [4.69, 9.17) is 4.74 Å². The fourth-order valence-electron chi connectivity index (χ4n) is 2.75. The predicted molar refractivity (Wildman–Crippen MR) is 72.4 cm³/mol. The third-order valence-corrected chi connectivity index (χ3v) is 3.67. The maximum Gasteiger partial charge on any atom is 0.306 e. The van der Waals surface area contributed by atoms with E-state index >= 15 is 0 Å². The van der Waals surface area contributed by atoms with Gasteiger partial charge in [-0.2, -0.15) is 0 Å². The molecular formula is C16H22O2. The Hall–Kier alpha value is -1.31. The van der Waals surface area contributed by atoms with Gasteiger partial charge in [0.2, 0.25) is 0 Å². The molecule has 0 heterocycles. The smallest absolute Gasteiger partial charge is 0.306 e. The van der Waals surface area contributed by atoms with Gasteiger partial charge in [0.15, 0.2) is 0 Å². The first-order valence-electron chi connectivity index (χ1n) is 7.05. The lowest BCUT2D eigenvalue weighted by molar-refractivity contribution is -0.151. The fourth-order valence-corrected chi connectivity index (χ4v) is 2.75. The lowest BCUT2D eigenvalue weighted by atomic mass is 9.81. The Morgan fingerprint density at radius 2 is 1.94 bits per heavy atom. The van der Waals surface area contributed by atoms with Crippen molar-refractivity contribution >= 4 is 5.97 Å². The number of rotatable bonds is 4. The van der Waals surface area contributed by atoms with Gasteiger partial charge >= 0.3 is 5.97 Å². The van der Waals surface area contributed by atoms with Crippen LogP contribution in [0.25, 0.3) is 0 Å². The molecule has 1 saturated carbocycles. The molecule has 2 nitrogen and oxygen atoms in total. The molecule has 0 spiro atoms. The molecule has 0 bridgehead atoms. The van der Waals surface area contributed by atoms with Crippen LogP contribution in [0.1, 0.15) is 56.9 Å². The molecule has 1 aliphatic carbocycles. The molecule has 0 radical (unpaired) electrons. The number of carbonyl (C=O) groups excluding carboxylic acids is 1. The van der Waals surface area contributed by atoms with Crippen LogP contribution in [0.2, 0.25) is 0 Å². The van der Waals surface area contributed by atoms with Gasteiger partial charge in [0, 0.05) is 12.3 Å². The zero-order valence-corrected chi connectivity index (χ0v) is 11.1. The van der Waals surface area contributed by atoms with E-state index in [0.29, 0.717) is 12.3 Å². The fraction of sp³-hybridized carbons (Fsp3) is 0.562. The Balaban J connectivity index is 2.04. The van der Waals surface area contributed by atoms with Crippen LogP contribution < -0.4 is 0 Å². The Morgan fingerprint density at radius 1 is 1.22 bits per heavy atom. The summed E-state index contributed by atoms with van der Waals surface area (Å²) in [5, 5.41) is 0. The van der Waals surface area contributed by atoms with Crippen LogP contribution in [-0.2, 0) is 9.53 Å². The third kappa shape index (κ3) is 3.34. The van der Waals surface area contributed by atoms with Gasteiger partial charge in [-0.15, -0.1) is 0 Å². The summed E-state index contributed by atoms with van der Waals surface area (Å²) in [6.45, 7) is 2.01. The van der Waals surface area contributed by atoms with Crippen molar-refractivity contribution in [2.45, 2.75) is 57.5 Å². The minimum atomic E-state index is -0.0367. The molecule has 1 aliphatic rings. The summed E-state index contributed by atoms with van der Waals surface area (Å²) < 4.78 is 5.66. The van der Waals surface area contributed by atoms with Crippen molar-refractivity contribution in [3.05, 3.63) is 35.9 Å². The second-order valence-electron chi connectivity index (χ2n) is 5.08. The van der Waals surface area contributed by atoms with Crippen LogP contribution >= 0.6 is 0 Å². The number of esters is 1. The zero-order valence-electron chi connectivity index (χ0n) is 11.1. The summed E-state index contributed by atoms with van der Waals surface area (Å²) in [4.78, 5) is 11.7. The molecule has 0 unspecified atom stereocenters. The Kier molecular flexibility index (Phi) is 4.80. The molecule has 2 atom stereocenters. The summed E-state index contributed by atoms with van der Waals surface area (Å²) in [5.41, 5.74) is 1.31. The molecule has 98 valence electrons. The van der Waals surface area contributed by atoms with Gasteiger partial charge in [-0.05, 0) is 31.2 Å². The van der Waals surface area contributed by atoms with Crippen molar-refractivity contribution in [1.82, 2.24) is 0 Å². The quantitative estimate of drug-likeness (QED) is 0.749. The number of hydrogen-bond acceptors (Lipinski definition) is 2. The minimum absolute atomic E-state index is 0.0367. The molecular weight excluding hydrogens is 224 g/mol. The van der Waals surface area contributed by atoms with Gasteiger partial charge < -0.3 is 4.74 Å². The molecule has 0 aliphatic heterocycles. The van der Waals surface area contributed by atoms with Gasteiger partial charge in [-0.25, -0.2) is 0 Å². The maximum atomic E-state index is 11.7. The van der Waals surface area contributed by atoms with E-state index in [9.17, 15) is 4.79 Å². The van der Waals surface area contributed by atoms with Crippen molar-refractivity contribution in [1.29, 1.82) is 0 Å². The standard InChI is InChI=1S/C16H22O2/c1-2-8-16(17)18-15-12-7-6-11-14(15)13-9-4-3-5-10-13/h3-5,9-10,14-15H,2,6-8,11-12H2,1H3/t14-,15-/m0/s1. The largest absolute Gasteiger partial charge is 0.462 e. The highest BCUT2D eigenvalue weighted by molar-refractivity contribution is 5.69. The average Bonchev–Trinajstić information content (AvgIpc) is 2.40. The SMILES string of the molecule is CCCC(=O)O[C@H]1CCCC[C@H]1c1ccccc1.